The Hall–Kier alpha value is -1.87. The van der Waals surface area contributed by atoms with Crippen molar-refractivity contribution in [2.24, 2.45) is 0 Å². The highest BCUT2D eigenvalue weighted by Crippen LogP contribution is 2.29. The fourth-order valence-electron chi connectivity index (χ4n) is 1.21. The van der Waals surface area contributed by atoms with Crippen molar-refractivity contribution in [2.45, 2.75) is 13.5 Å². The zero-order valence-corrected chi connectivity index (χ0v) is 10.0. The van der Waals surface area contributed by atoms with Crippen molar-refractivity contribution in [3.63, 3.8) is 0 Å². The van der Waals surface area contributed by atoms with Crippen LogP contribution >= 0.6 is 11.6 Å². The summed E-state index contributed by atoms with van der Waals surface area (Å²) in [6, 6.07) is 3.73. The van der Waals surface area contributed by atoms with Gasteiger partial charge in [0.2, 0.25) is 0 Å². The molecule has 0 radical (unpaired) electrons. The molecule has 7 heteroatoms. The molecule has 18 heavy (non-hydrogen) atoms. The molecule has 0 bridgehead atoms. The van der Waals surface area contributed by atoms with Gasteiger partial charge in [-0.1, -0.05) is 11.6 Å². The average molecular weight is 276 g/mol. The summed E-state index contributed by atoms with van der Waals surface area (Å²) in [5, 5.41) is 8.64. The number of hydrogen-bond donors (Lipinski definition) is 0. The molecule has 0 aliphatic rings. The van der Waals surface area contributed by atoms with Crippen LogP contribution in [0.1, 0.15) is 22.8 Å². The predicted molar refractivity (Wildman–Crippen MR) is 58.8 cm³/mol. The normalized spacial score (nSPS) is 10.0. The highest BCUT2D eigenvalue weighted by molar-refractivity contribution is 6.32. The number of benzene rings is 1. The molecule has 0 heterocycles. The molecule has 0 aliphatic carbocycles. The summed E-state index contributed by atoms with van der Waals surface area (Å²) >= 11 is 5.67. The molecule has 0 unspecified atom stereocenters. The third-order valence-electron chi connectivity index (χ3n) is 1.90. The van der Waals surface area contributed by atoms with Crippen LogP contribution in [0.5, 0.6) is 5.75 Å². The Kier molecular flexibility index (Phi) is 4.86. The van der Waals surface area contributed by atoms with Gasteiger partial charge in [-0.3, -0.25) is 0 Å². The molecule has 1 rings (SSSR count). The average Bonchev–Trinajstić information content (AvgIpc) is 2.31. The van der Waals surface area contributed by atoms with Crippen molar-refractivity contribution in [1.29, 1.82) is 5.26 Å². The molecule has 0 atom stereocenters. The lowest BCUT2D eigenvalue weighted by Gasteiger charge is -2.09. The number of carbonyl (C=O) groups excluding carboxylic acids is 1. The van der Waals surface area contributed by atoms with Gasteiger partial charge in [-0.25, -0.2) is 4.79 Å². The monoisotopic (exact) mass is 275 g/mol. The van der Waals surface area contributed by atoms with Gasteiger partial charge in [0.25, 0.3) is 0 Å². The first-order chi connectivity index (χ1) is 8.49. The zero-order chi connectivity index (χ0) is 13.7. The molecule has 1 aromatic rings. The van der Waals surface area contributed by atoms with Gasteiger partial charge in [-0.2, -0.15) is 14.0 Å². The Morgan fingerprint density at radius 2 is 2.22 bits per heavy atom. The van der Waals surface area contributed by atoms with Crippen LogP contribution < -0.4 is 4.74 Å². The van der Waals surface area contributed by atoms with E-state index in [1.54, 1.807) is 13.0 Å². The molecule has 0 saturated heterocycles. The van der Waals surface area contributed by atoms with Crippen LogP contribution in [0.15, 0.2) is 12.1 Å². The van der Waals surface area contributed by atoms with E-state index in [1.165, 1.54) is 0 Å². The number of nitrogens with zero attached hydrogens (tertiary/aromatic N) is 1. The van der Waals surface area contributed by atoms with Crippen molar-refractivity contribution in [3.05, 3.63) is 28.3 Å². The second-order valence-electron chi connectivity index (χ2n) is 3.04. The SMILES string of the molecule is CCOC(=O)c1cc(Cl)c(OC(F)F)cc1C#N. The smallest absolute Gasteiger partial charge is 0.387 e. The predicted octanol–water partition coefficient (Wildman–Crippen LogP) is 2.99. The van der Waals surface area contributed by atoms with Gasteiger partial charge in [-0.05, 0) is 13.0 Å². The second kappa shape index (κ2) is 6.17. The topological polar surface area (TPSA) is 59.3 Å². The van der Waals surface area contributed by atoms with Gasteiger partial charge in [0.1, 0.15) is 11.8 Å². The van der Waals surface area contributed by atoms with E-state index in [-0.39, 0.29) is 28.5 Å². The van der Waals surface area contributed by atoms with Gasteiger partial charge in [0.15, 0.2) is 0 Å². The summed E-state index contributed by atoms with van der Waals surface area (Å²) in [6.07, 6.45) is 0. The third-order valence-corrected chi connectivity index (χ3v) is 2.20. The number of carbonyl (C=O) groups is 1. The molecule has 1 aromatic carbocycles. The Bertz CT molecular complexity index is 500. The molecule has 0 spiro atoms. The van der Waals surface area contributed by atoms with Crippen LogP contribution in [0.25, 0.3) is 0 Å². The second-order valence-corrected chi connectivity index (χ2v) is 3.45. The van der Waals surface area contributed by atoms with Crippen LogP contribution in [0.2, 0.25) is 5.02 Å². The standard InChI is InChI=1S/C11H8ClF2NO3/c1-2-17-10(16)7-4-8(12)9(18-11(13)14)3-6(7)5-15/h3-4,11H,2H2,1H3. The molecule has 0 amide bonds. The largest absolute Gasteiger partial charge is 0.462 e. The lowest BCUT2D eigenvalue weighted by molar-refractivity contribution is -0.0497. The number of ether oxygens (including phenoxy) is 2. The highest BCUT2D eigenvalue weighted by atomic mass is 35.5. The van der Waals surface area contributed by atoms with E-state index in [1.807, 2.05) is 0 Å². The Labute approximate surface area is 107 Å². The number of alkyl halides is 2. The molecular formula is C11H8ClF2NO3. The number of hydrogen-bond acceptors (Lipinski definition) is 4. The van der Waals surface area contributed by atoms with Crippen LogP contribution in [-0.4, -0.2) is 19.2 Å². The number of halogens is 3. The van der Waals surface area contributed by atoms with Gasteiger partial charge >= 0.3 is 12.6 Å². The van der Waals surface area contributed by atoms with Crippen molar-refractivity contribution in [1.82, 2.24) is 0 Å². The van der Waals surface area contributed by atoms with E-state index in [0.717, 1.165) is 12.1 Å². The fraction of sp³-hybridized carbons (Fsp3) is 0.273. The van der Waals surface area contributed by atoms with E-state index < -0.39 is 12.6 Å². The first-order valence-corrected chi connectivity index (χ1v) is 5.23. The van der Waals surface area contributed by atoms with Crippen molar-refractivity contribution in [3.8, 4) is 11.8 Å². The summed E-state index contributed by atoms with van der Waals surface area (Å²) in [4.78, 5) is 11.5. The lowest BCUT2D eigenvalue weighted by atomic mass is 10.1. The maximum absolute atomic E-state index is 12.1. The maximum Gasteiger partial charge on any atom is 0.387 e. The number of nitriles is 1. The van der Waals surface area contributed by atoms with E-state index in [9.17, 15) is 13.6 Å². The first kappa shape index (κ1) is 14.2. The summed E-state index contributed by atoms with van der Waals surface area (Å²) in [5.41, 5.74) is -0.237. The van der Waals surface area contributed by atoms with Gasteiger partial charge in [0, 0.05) is 6.07 Å². The Morgan fingerprint density at radius 1 is 1.56 bits per heavy atom. The van der Waals surface area contributed by atoms with Gasteiger partial charge < -0.3 is 9.47 Å². The van der Waals surface area contributed by atoms with E-state index in [2.05, 4.69) is 4.74 Å². The fourth-order valence-corrected chi connectivity index (χ4v) is 1.42. The lowest BCUT2D eigenvalue weighted by Crippen LogP contribution is -2.09. The van der Waals surface area contributed by atoms with E-state index in [4.69, 9.17) is 21.6 Å². The molecule has 0 saturated carbocycles. The van der Waals surface area contributed by atoms with Crippen LogP contribution in [0.4, 0.5) is 8.78 Å². The highest BCUT2D eigenvalue weighted by Gasteiger charge is 2.18. The van der Waals surface area contributed by atoms with E-state index in [0.29, 0.717) is 0 Å². The Morgan fingerprint density at radius 3 is 2.72 bits per heavy atom. The van der Waals surface area contributed by atoms with Crippen LogP contribution in [0.3, 0.4) is 0 Å². The van der Waals surface area contributed by atoms with Crippen LogP contribution in [-0.2, 0) is 4.74 Å². The number of esters is 1. The van der Waals surface area contributed by atoms with Gasteiger partial charge in [-0.15, -0.1) is 0 Å². The molecule has 0 fully saturated rings. The molecule has 0 aliphatic heterocycles. The summed E-state index contributed by atoms with van der Waals surface area (Å²) in [7, 11) is 0. The van der Waals surface area contributed by atoms with Crippen molar-refractivity contribution < 1.29 is 23.0 Å². The first-order valence-electron chi connectivity index (χ1n) is 4.85. The molecule has 4 nitrogen and oxygen atoms in total. The number of rotatable bonds is 4. The minimum atomic E-state index is -3.07. The Balaban J connectivity index is 3.19. The third kappa shape index (κ3) is 3.31. The molecule has 0 aromatic heterocycles. The van der Waals surface area contributed by atoms with Gasteiger partial charge in [0.05, 0.1) is 22.8 Å². The summed E-state index contributed by atoms with van der Waals surface area (Å²) in [5.74, 6) is -1.11. The van der Waals surface area contributed by atoms with E-state index >= 15 is 0 Å². The van der Waals surface area contributed by atoms with Crippen LogP contribution in [0, 0.1) is 11.3 Å². The minimum Gasteiger partial charge on any atom is -0.462 e. The quantitative estimate of drug-likeness (QED) is 0.793. The summed E-state index contributed by atoms with van der Waals surface area (Å²) in [6.45, 7) is -1.35. The van der Waals surface area contributed by atoms with Crippen molar-refractivity contribution in [2.75, 3.05) is 6.61 Å². The molecular weight excluding hydrogens is 268 g/mol. The summed E-state index contributed by atoms with van der Waals surface area (Å²) < 4.78 is 32.9. The minimum absolute atomic E-state index is 0.0917. The van der Waals surface area contributed by atoms with Crippen molar-refractivity contribution >= 4 is 17.6 Å². The molecule has 0 N–H and O–H groups in total. The molecule has 96 valence electrons. The zero-order valence-electron chi connectivity index (χ0n) is 9.25. The maximum atomic E-state index is 12.1.